The van der Waals surface area contributed by atoms with E-state index in [9.17, 15) is 18.4 Å². The molecule has 0 saturated carbocycles. The summed E-state index contributed by atoms with van der Waals surface area (Å²) >= 11 is 6.18. The molecule has 2 amide bonds. The molecule has 0 aromatic heterocycles. The highest BCUT2D eigenvalue weighted by atomic mass is 35.5. The summed E-state index contributed by atoms with van der Waals surface area (Å²) in [5.74, 6) is -2.10. The summed E-state index contributed by atoms with van der Waals surface area (Å²) in [5.41, 5.74) is 1.59. The van der Waals surface area contributed by atoms with Crippen LogP contribution in [0.5, 0.6) is 0 Å². The first-order chi connectivity index (χ1) is 16.1. The lowest BCUT2D eigenvalue weighted by atomic mass is 9.90. The van der Waals surface area contributed by atoms with Gasteiger partial charge in [0.1, 0.15) is 23.4 Å². The van der Waals surface area contributed by atoms with Crippen LogP contribution in [0.2, 0.25) is 5.02 Å². The van der Waals surface area contributed by atoms with Gasteiger partial charge in [-0.15, -0.1) is 0 Å². The Morgan fingerprint density at radius 3 is 2.44 bits per heavy atom. The molecule has 3 atom stereocenters. The van der Waals surface area contributed by atoms with Crippen LogP contribution < -0.4 is 16.0 Å². The molecule has 0 radical (unpaired) electrons. The number of benzene rings is 2. The van der Waals surface area contributed by atoms with Gasteiger partial charge in [0, 0.05) is 18.1 Å². The Morgan fingerprint density at radius 1 is 1.15 bits per heavy atom. The third-order valence-corrected chi connectivity index (χ3v) is 6.47. The Hall–Kier alpha value is -2.71. The Kier molecular flexibility index (Phi) is 8.49. The topological polar surface area (TPSA) is 73.5 Å². The van der Waals surface area contributed by atoms with Crippen molar-refractivity contribution in [2.24, 2.45) is 5.92 Å². The second-order valence-corrected chi connectivity index (χ2v) is 9.30. The van der Waals surface area contributed by atoms with E-state index in [0.29, 0.717) is 18.0 Å². The van der Waals surface area contributed by atoms with Crippen LogP contribution in [0.1, 0.15) is 37.9 Å². The zero-order valence-corrected chi connectivity index (χ0v) is 20.5. The van der Waals surface area contributed by atoms with E-state index in [1.807, 2.05) is 26.0 Å². The lowest BCUT2D eigenvalue weighted by Crippen LogP contribution is -2.56. The van der Waals surface area contributed by atoms with Gasteiger partial charge in [0.2, 0.25) is 11.8 Å². The van der Waals surface area contributed by atoms with E-state index in [0.717, 1.165) is 11.1 Å². The van der Waals surface area contributed by atoms with Gasteiger partial charge in [-0.05, 0) is 61.7 Å². The molecule has 0 bridgehead atoms. The molecule has 3 unspecified atom stereocenters. The number of halogens is 3. The van der Waals surface area contributed by atoms with Gasteiger partial charge in [0.05, 0.1) is 12.1 Å². The van der Waals surface area contributed by atoms with E-state index < -0.39 is 29.8 Å². The molecule has 0 saturated heterocycles. The smallest absolute Gasteiger partial charge is 0.246 e. The van der Waals surface area contributed by atoms with Gasteiger partial charge in [-0.2, -0.15) is 0 Å². The van der Waals surface area contributed by atoms with E-state index in [1.165, 1.54) is 18.2 Å². The molecule has 0 fully saturated rings. The minimum atomic E-state index is -0.746. The van der Waals surface area contributed by atoms with E-state index in [1.54, 1.807) is 24.9 Å². The van der Waals surface area contributed by atoms with Gasteiger partial charge in [-0.25, -0.2) is 8.78 Å². The first-order valence-corrected chi connectivity index (χ1v) is 11.8. The average molecular weight is 493 g/mol. The van der Waals surface area contributed by atoms with Crippen molar-refractivity contribution in [2.45, 2.75) is 45.3 Å². The van der Waals surface area contributed by atoms with Crippen LogP contribution in [0.4, 0.5) is 14.5 Å². The molecule has 3 rings (SSSR count). The van der Waals surface area contributed by atoms with Gasteiger partial charge in [-0.1, -0.05) is 37.6 Å². The van der Waals surface area contributed by atoms with Crippen molar-refractivity contribution in [3.05, 3.63) is 64.2 Å². The predicted molar refractivity (Wildman–Crippen MR) is 130 cm³/mol. The number of amides is 2. The van der Waals surface area contributed by atoms with Crippen molar-refractivity contribution in [2.75, 3.05) is 25.5 Å². The largest absolute Gasteiger partial charge is 0.378 e. The average Bonchev–Trinajstić information content (AvgIpc) is 2.80. The molecule has 34 heavy (non-hydrogen) atoms. The van der Waals surface area contributed by atoms with Crippen LogP contribution >= 0.6 is 11.6 Å². The number of carbonyl (C=O) groups is 2. The highest BCUT2D eigenvalue weighted by molar-refractivity contribution is 6.30. The van der Waals surface area contributed by atoms with Crippen LogP contribution in [-0.2, 0) is 16.0 Å². The summed E-state index contributed by atoms with van der Waals surface area (Å²) in [5, 5.41) is 9.16. The molecule has 2 aromatic carbocycles. The minimum Gasteiger partial charge on any atom is -0.378 e. The predicted octanol–water partition coefficient (Wildman–Crippen LogP) is 3.90. The van der Waals surface area contributed by atoms with Gasteiger partial charge in [0.25, 0.3) is 0 Å². The molecule has 9 heteroatoms. The highest BCUT2D eigenvalue weighted by Gasteiger charge is 2.36. The molecule has 3 N–H and O–H groups in total. The van der Waals surface area contributed by atoms with Crippen molar-refractivity contribution < 1.29 is 18.4 Å². The Morgan fingerprint density at radius 2 is 1.82 bits per heavy atom. The van der Waals surface area contributed by atoms with Crippen molar-refractivity contribution >= 4 is 29.1 Å². The van der Waals surface area contributed by atoms with E-state index in [2.05, 4.69) is 16.0 Å². The molecule has 0 spiro atoms. The quantitative estimate of drug-likeness (QED) is 0.522. The first kappa shape index (κ1) is 25.9. The number of hydrogen-bond acceptors (Lipinski definition) is 4. The van der Waals surface area contributed by atoms with Crippen molar-refractivity contribution in [1.82, 2.24) is 15.5 Å². The fraction of sp³-hybridized carbons (Fsp3) is 0.440. The summed E-state index contributed by atoms with van der Waals surface area (Å²) in [6.45, 7) is 5.93. The first-order valence-electron chi connectivity index (χ1n) is 11.4. The summed E-state index contributed by atoms with van der Waals surface area (Å²) in [4.78, 5) is 27.9. The van der Waals surface area contributed by atoms with Crippen molar-refractivity contribution in [3.63, 3.8) is 0 Å². The maximum atomic E-state index is 14.2. The zero-order valence-electron chi connectivity index (χ0n) is 19.8. The van der Waals surface area contributed by atoms with Crippen LogP contribution in [0.15, 0.2) is 36.4 Å². The van der Waals surface area contributed by atoms with Gasteiger partial charge < -0.3 is 20.9 Å². The molecular weight excluding hydrogens is 462 g/mol. The monoisotopic (exact) mass is 492 g/mol. The van der Waals surface area contributed by atoms with Gasteiger partial charge in [-0.3, -0.25) is 9.59 Å². The van der Waals surface area contributed by atoms with Gasteiger partial charge >= 0.3 is 0 Å². The summed E-state index contributed by atoms with van der Waals surface area (Å²) in [6.07, 6.45) is 0.581. The van der Waals surface area contributed by atoms with E-state index in [4.69, 9.17) is 11.6 Å². The second kappa shape index (κ2) is 11.1. The van der Waals surface area contributed by atoms with Crippen LogP contribution in [0.25, 0.3) is 0 Å². The second-order valence-electron chi connectivity index (χ2n) is 8.86. The molecule has 184 valence electrons. The lowest BCUT2D eigenvalue weighted by molar-refractivity contribution is -0.140. The SMILES string of the molecule is CNC(C)C(=O)NC(C(=O)N1CCc2cc(Cl)ccc2C1CNc1c(F)cccc1F)C(C)C. The zero-order chi connectivity index (χ0) is 25.0. The molecule has 6 nitrogen and oxygen atoms in total. The number of hydrogen-bond donors (Lipinski definition) is 3. The number of carbonyl (C=O) groups excluding carboxylic acids is 2. The molecule has 1 aliphatic heterocycles. The number of anilines is 1. The fourth-order valence-electron chi connectivity index (χ4n) is 4.13. The van der Waals surface area contributed by atoms with Crippen LogP contribution in [0, 0.1) is 17.6 Å². The Labute approximate surface area is 204 Å². The number of para-hydroxylation sites is 1. The highest BCUT2D eigenvalue weighted by Crippen LogP contribution is 2.33. The van der Waals surface area contributed by atoms with Crippen LogP contribution in [-0.4, -0.2) is 48.9 Å². The number of rotatable bonds is 8. The molecule has 1 heterocycles. The minimum absolute atomic E-state index is 0.0872. The maximum Gasteiger partial charge on any atom is 0.246 e. The fourth-order valence-corrected chi connectivity index (χ4v) is 4.33. The number of fused-ring (bicyclic) bond motifs is 1. The third kappa shape index (κ3) is 5.67. The molecule has 0 aliphatic carbocycles. The number of nitrogens with one attached hydrogen (secondary N) is 3. The third-order valence-electron chi connectivity index (χ3n) is 6.24. The Balaban J connectivity index is 1.92. The molecule has 1 aliphatic rings. The van der Waals surface area contributed by atoms with Gasteiger partial charge in [0.15, 0.2) is 0 Å². The number of likely N-dealkylation sites (N-methyl/N-ethyl adjacent to an activating group) is 1. The standard InChI is InChI=1S/C25H31ClF2N4O2/c1-14(2)22(31-24(33)15(3)29-4)25(34)32-11-10-16-12-17(26)8-9-18(16)21(32)13-30-23-19(27)6-5-7-20(23)28/h5-9,12,14-15,21-22,29-30H,10-11,13H2,1-4H3,(H,31,33). The normalized spacial score (nSPS) is 17.2. The summed E-state index contributed by atoms with van der Waals surface area (Å²) < 4.78 is 28.5. The molecular formula is C25H31ClF2N4O2. The lowest BCUT2D eigenvalue weighted by Gasteiger charge is -2.40. The van der Waals surface area contributed by atoms with E-state index in [-0.39, 0.29) is 30.0 Å². The van der Waals surface area contributed by atoms with Crippen molar-refractivity contribution in [3.8, 4) is 0 Å². The number of nitrogens with zero attached hydrogens (tertiary/aromatic N) is 1. The van der Waals surface area contributed by atoms with E-state index >= 15 is 0 Å². The van der Waals surface area contributed by atoms with Crippen LogP contribution in [0.3, 0.4) is 0 Å². The summed E-state index contributed by atoms with van der Waals surface area (Å²) in [7, 11) is 1.67. The Bertz CT molecular complexity index is 1030. The molecule has 2 aromatic rings. The maximum absolute atomic E-state index is 14.2. The van der Waals surface area contributed by atoms with Crippen molar-refractivity contribution in [1.29, 1.82) is 0 Å². The summed E-state index contributed by atoms with van der Waals surface area (Å²) in [6, 6.07) is 7.37.